The van der Waals surface area contributed by atoms with Crippen LogP contribution in [0.15, 0.2) is 24.3 Å². The van der Waals surface area contributed by atoms with E-state index in [1.54, 1.807) is 13.0 Å². The molecule has 0 aliphatic rings. The molecule has 114 valence electrons. The number of urea groups is 1. The van der Waals surface area contributed by atoms with Crippen LogP contribution >= 0.6 is 0 Å². The van der Waals surface area contributed by atoms with Crippen molar-refractivity contribution in [3.8, 4) is 5.75 Å². The average molecular weight is 295 g/mol. The molecular formula is C13H17N3O5. The zero-order valence-electron chi connectivity index (χ0n) is 11.8. The summed E-state index contributed by atoms with van der Waals surface area (Å²) in [6.45, 7) is 3.21. The highest BCUT2D eigenvalue weighted by Gasteiger charge is 2.16. The Balaban J connectivity index is 2.50. The average Bonchev–Trinajstić information content (AvgIpc) is 2.44. The second kappa shape index (κ2) is 7.83. The number of rotatable bonds is 6. The number of amides is 3. The van der Waals surface area contributed by atoms with Gasteiger partial charge in [0.1, 0.15) is 0 Å². The summed E-state index contributed by atoms with van der Waals surface area (Å²) in [6.07, 6.45) is 0.730. The summed E-state index contributed by atoms with van der Waals surface area (Å²) in [7, 11) is 0. The molecule has 1 rings (SSSR count). The molecule has 0 bridgehead atoms. The molecule has 2 N–H and O–H groups in total. The number of nitrogens with one attached hydrogen (secondary N) is 2. The second-order valence-electron chi connectivity index (χ2n) is 4.34. The quantitative estimate of drug-likeness (QED) is 0.611. The molecule has 0 heterocycles. The van der Waals surface area contributed by atoms with Crippen LogP contribution in [0, 0.1) is 10.1 Å². The van der Waals surface area contributed by atoms with E-state index in [1.807, 2.05) is 6.92 Å². The summed E-state index contributed by atoms with van der Waals surface area (Å²) in [5, 5.41) is 15.4. The van der Waals surface area contributed by atoms with E-state index in [4.69, 9.17) is 4.74 Å². The molecule has 8 nitrogen and oxygen atoms in total. The van der Waals surface area contributed by atoms with Crippen LogP contribution in [0.4, 0.5) is 10.5 Å². The number of hydrogen-bond acceptors (Lipinski definition) is 5. The molecule has 0 aliphatic carbocycles. The zero-order valence-corrected chi connectivity index (χ0v) is 11.8. The number of benzene rings is 1. The van der Waals surface area contributed by atoms with Gasteiger partial charge in [0.15, 0.2) is 12.4 Å². The van der Waals surface area contributed by atoms with Gasteiger partial charge in [-0.1, -0.05) is 19.1 Å². The van der Waals surface area contributed by atoms with E-state index in [0.29, 0.717) is 0 Å². The monoisotopic (exact) mass is 295 g/mol. The molecular weight excluding hydrogens is 278 g/mol. The number of imide groups is 1. The van der Waals surface area contributed by atoms with Crippen LogP contribution in [0.5, 0.6) is 5.75 Å². The van der Waals surface area contributed by atoms with Crippen LogP contribution in [-0.2, 0) is 4.79 Å². The molecule has 8 heteroatoms. The maximum atomic E-state index is 11.5. The number of hydrogen-bond donors (Lipinski definition) is 2. The highest BCUT2D eigenvalue weighted by Crippen LogP contribution is 2.25. The predicted molar refractivity (Wildman–Crippen MR) is 75.0 cm³/mol. The molecule has 1 atom stereocenters. The second-order valence-corrected chi connectivity index (χ2v) is 4.34. The largest absolute Gasteiger partial charge is 0.477 e. The Labute approximate surface area is 121 Å². The van der Waals surface area contributed by atoms with Crippen LogP contribution in [0.25, 0.3) is 0 Å². The lowest BCUT2D eigenvalue weighted by molar-refractivity contribution is -0.385. The van der Waals surface area contributed by atoms with Gasteiger partial charge >= 0.3 is 11.7 Å². The van der Waals surface area contributed by atoms with Crippen molar-refractivity contribution >= 4 is 17.6 Å². The lowest BCUT2D eigenvalue weighted by Gasteiger charge is -2.12. The lowest BCUT2D eigenvalue weighted by atomic mass is 10.3. The van der Waals surface area contributed by atoms with Crippen molar-refractivity contribution in [1.82, 2.24) is 10.6 Å². The van der Waals surface area contributed by atoms with E-state index in [1.165, 1.54) is 18.2 Å². The summed E-state index contributed by atoms with van der Waals surface area (Å²) in [5.41, 5.74) is -0.241. The Morgan fingerprint density at radius 2 is 2.05 bits per heavy atom. The lowest BCUT2D eigenvalue weighted by Crippen LogP contribution is -2.44. The Hall–Kier alpha value is -2.64. The van der Waals surface area contributed by atoms with Crippen molar-refractivity contribution in [3.05, 3.63) is 34.4 Å². The third-order valence-electron chi connectivity index (χ3n) is 2.66. The molecule has 0 aliphatic heterocycles. The third kappa shape index (κ3) is 5.47. The van der Waals surface area contributed by atoms with Gasteiger partial charge < -0.3 is 10.1 Å². The smallest absolute Gasteiger partial charge is 0.321 e. The van der Waals surface area contributed by atoms with Gasteiger partial charge in [-0.2, -0.15) is 0 Å². The molecule has 0 radical (unpaired) electrons. The van der Waals surface area contributed by atoms with Crippen LogP contribution in [0.2, 0.25) is 0 Å². The van der Waals surface area contributed by atoms with E-state index >= 15 is 0 Å². The summed E-state index contributed by atoms with van der Waals surface area (Å²) in [5.74, 6) is -0.714. The van der Waals surface area contributed by atoms with Crippen molar-refractivity contribution in [2.24, 2.45) is 0 Å². The van der Waals surface area contributed by atoms with Gasteiger partial charge in [-0.25, -0.2) is 4.79 Å². The highest BCUT2D eigenvalue weighted by atomic mass is 16.6. The maximum Gasteiger partial charge on any atom is 0.321 e. The number of nitro benzene ring substituents is 1. The fourth-order valence-electron chi connectivity index (χ4n) is 1.40. The van der Waals surface area contributed by atoms with Crippen molar-refractivity contribution in [3.63, 3.8) is 0 Å². The van der Waals surface area contributed by atoms with E-state index in [-0.39, 0.29) is 17.5 Å². The van der Waals surface area contributed by atoms with Gasteiger partial charge in [0, 0.05) is 12.1 Å². The molecule has 0 saturated heterocycles. The topological polar surface area (TPSA) is 111 Å². The van der Waals surface area contributed by atoms with Gasteiger partial charge in [-0.15, -0.1) is 0 Å². The number of nitrogens with zero attached hydrogens (tertiary/aromatic N) is 1. The van der Waals surface area contributed by atoms with Gasteiger partial charge in [0.05, 0.1) is 4.92 Å². The number of carbonyl (C=O) groups is 2. The van der Waals surface area contributed by atoms with Crippen molar-refractivity contribution in [1.29, 1.82) is 0 Å². The molecule has 1 aromatic carbocycles. The van der Waals surface area contributed by atoms with Crippen molar-refractivity contribution < 1.29 is 19.2 Å². The number of nitro groups is 1. The normalized spacial score (nSPS) is 11.3. The summed E-state index contributed by atoms with van der Waals surface area (Å²) >= 11 is 0. The van der Waals surface area contributed by atoms with E-state index in [2.05, 4.69) is 10.6 Å². The van der Waals surface area contributed by atoms with Crippen LogP contribution in [0.3, 0.4) is 0 Å². The van der Waals surface area contributed by atoms with Crippen molar-refractivity contribution in [2.75, 3.05) is 6.61 Å². The molecule has 1 aromatic rings. The molecule has 0 saturated carbocycles. The molecule has 0 spiro atoms. The minimum Gasteiger partial charge on any atom is -0.477 e. The van der Waals surface area contributed by atoms with E-state index in [9.17, 15) is 19.7 Å². The Morgan fingerprint density at radius 3 is 2.67 bits per heavy atom. The first-order valence-electron chi connectivity index (χ1n) is 6.40. The molecule has 21 heavy (non-hydrogen) atoms. The zero-order chi connectivity index (χ0) is 15.8. The number of carbonyl (C=O) groups excluding carboxylic acids is 2. The van der Waals surface area contributed by atoms with Crippen LogP contribution in [0.1, 0.15) is 20.3 Å². The summed E-state index contributed by atoms with van der Waals surface area (Å²) < 4.78 is 5.06. The van der Waals surface area contributed by atoms with Crippen LogP contribution < -0.4 is 15.4 Å². The highest BCUT2D eigenvalue weighted by molar-refractivity contribution is 5.95. The van der Waals surface area contributed by atoms with Gasteiger partial charge in [0.25, 0.3) is 5.91 Å². The Morgan fingerprint density at radius 1 is 1.38 bits per heavy atom. The standard InChI is InChI=1S/C13H17N3O5/c1-3-9(2)14-13(18)15-12(17)8-21-11-7-5-4-6-10(11)16(19)20/h4-7,9H,3,8H2,1-2H3,(H2,14,15,17,18)/t9-/m1/s1. The minimum absolute atomic E-state index is 0.0278. The Bertz CT molecular complexity index is 532. The Kier molecular flexibility index (Phi) is 6.12. The van der Waals surface area contributed by atoms with Gasteiger partial charge in [0.2, 0.25) is 0 Å². The first kappa shape index (κ1) is 16.4. The predicted octanol–water partition coefficient (Wildman–Crippen LogP) is 1.60. The summed E-state index contributed by atoms with van der Waals surface area (Å²) in [4.78, 5) is 33.1. The maximum absolute atomic E-state index is 11.5. The van der Waals surface area contributed by atoms with E-state index < -0.39 is 23.5 Å². The number of ether oxygens (including phenoxy) is 1. The SMILES string of the molecule is CC[C@@H](C)NC(=O)NC(=O)COc1ccccc1[N+](=O)[O-]. The van der Waals surface area contributed by atoms with Crippen LogP contribution in [-0.4, -0.2) is 29.5 Å². The fourth-order valence-corrected chi connectivity index (χ4v) is 1.40. The molecule has 0 unspecified atom stereocenters. The first-order chi connectivity index (χ1) is 9.93. The van der Waals surface area contributed by atoms with Crippen molar-refractivity contribution in [2.45, 2.75) is 26.3 Å². The van der Waals surface area contributed by atoms with E-state index in [0.717, 1.165) is 6.42 Å². The molecule has 0 aromatic heterocycles. The molecule has 0 fully saturated rings. The summed E-state index contributed by atoms with van der Waals surface area (Å²) in [6, 6.07) is 5.00. The molecule has 3 amide bonds. The van der Waals surface area contributed by atoms with Gasteiger partial charge in [-0.3, -0.25) is 20.2 Å². The number of para-hydroxylation sites is 2. The fraction of sp³-hybridized carbons (Fsp3) is 0.385. The minimum atomic E-state index is -0.686. The first-order valence-corrected chi connectivity index (χ1v) is 6.40. The van der Waals surface area contributed by atoms with Gasteiger partial charge in [-0.05, 0) is 19.4 Å². The third-order valence-corrected chi connectivity index (χ3v) is 2.66.